The Morgan fingerprint density at radius 3 is 2.35 bits per heavy atom. The van der Waals surface area contributed by atoms with E-state index in [0.29, 0.717) is 40.9 Å². The molecule has 1 saturated heterocycles. The van der Waals surface area contributed by atoms with Crippen LogP contribution in [0.15, 0.2) is 30.6 Å². The first kappa shape index (κ1) is 35.0. The number of likely N-dealkylation sites (tertiary alicyclic amines) is 1. The number of nitrogens with zero attached hydrogens (tertiary/aromatic N) is 3. The Labute approximate surface area is 312 Å². The molecule has 2 aromatic rings. The van der Waals surface area contributed by atoms with Gasteiger partial charge in [-0.15, -0.1) is 0 Å². The maximum absolute atomic E-state index is 15.6. The average molecular weight is 709 g/mol. The Kier molecular flexibility index (Phi) is 7.85. The third kappa shape index (κ3) is 4.74. The summed E-state index contributed by atoms with van der Waals surface area (Å²) in [5, 5.41) is 0. The lowest BCUT2D eigenvalue weighted by Gasteiger charge is -2.73. The van der Waals surface area contributed by atoms with Gasteiger partial charge < -0.3 is 14.6 Å². The normalized spacial score (nSPS) is 44.2. The molecule has 0 aromatic carbocycles. The van der Waals surface area contributed by atoms with E-state index >= 15 is 4.79 Å². The Hall–Kier alpha value is -2.70. The van der Waals surface area contributed by atoms with E-state index in [1.165, 1.54) is 51.4 Å². The third-order valence-electron chi connectivity index (χ3n) is 18.4. The highest BCUT2D eigenvalue weighted by molar-refractivity contribution is 5.84. The number of pyridine rings is 1. The lowest BCUT2D eigenvalue weighted by molar-refractivity contribution is -0.251. The molecule has 0 spiro atoms. The molecule has 0 radical (unpaired) electrons. The van der Waals surface area contributed by atoms with Crippen LogP contribution in [0.25, 0.3) is 11.4 Å². The SMILES string of the molecule is CC(=O)O[C@H]1CC[C@]2(C)[C@H]3CC[C@@H]4[C@H]5[C@H](C6(C)CC6)CC[C@]5(C(=O)N5CCC[C@H]5c5ncc(-c6ccccn6)[nH]5)CC[C@@]4(C)[C@]3(C)CC[C@H]2C1(C)C. The molecule has 7 aliphatic rings. The van der Waals surface area contributed by atoms with Crippen LogP contribution < -0.4 is 0 Å². The number of nitrogens with one attached hydrogen (secondary N) is 1. The zero-order valence-corrected chi connectivity index (χ0v) is 33.1. The second-order valence-electron chi connectivity index (χ2n) is 20.7. The van der Waals surface area contributed by atoms with Gasteiger partial charge in [0.2, 0.25) is 5.91 Å². The van der Waals surface area contributed by atoms with Gasteiger partial charge >= 0.3 is 5.97 Å². The van der Waals surface area contributed by atoms with E-state index < -0.39 is 0 Å². The molecular weight excluding hydrogens is 645 g/mol. The molecule has 1 N–H and O–H groups in total. The Morgan fingerprint density at radius 1 is 0.808 bits per heavy atom. The molecular formula is C45H64N4O3. The zero-order valence-electron chi connectivity index (χ0n) is 33.1. The summed E-state index contributed by atoms with van der Waals surface area (Å²) in [6.45, 7) is 17.8. The van der Waals surface area contributed by atoms with E-state index in [9.17, 15) is 4.79 Å². The highest BCUT2D eigenvalue weighted by atomic mass is 16.5. The third-order valence-corrected chi connectivity index (χ3v) is 18.4. The lowest BCUT2D eigenvalue weighted by Crippen LogP contribution is -2.67. The van der Waals surface area contributed by atoms with Crippen molar-refractivity contribution in [3.8, 4) is 11.4 Å². The van der Waals surface area contributed by atoms with E-state index in [2.05, 4.69) is 56.4 Å². The van der Waals surface area contributed by atoms with Crippen LogP contribution in [0.3, 0.4) is 0 Å². The van der Waals surface area contributed by atoms with E-state index in [1.54, 1.807) is 6.92 Å². The predicted molar refractivity (Wildman–Crippen MR) is 203 cm³/mol. The Bertz CT molecular complexity index is 1730. The van der Waals surface area contributed by atoms with Crippen molar-refractivity contribution in [3.63, 3.8) is 0 Å². The van der Waals surface area contributed by atoms with Crippen LogP contribution in [0, 0.1) is 62.1 Å². The highest BCUT2D eigenvalue weighted by Crippen LogP contribution is 2.79. The van der Waals surface area contributed by atoms with Gasteiger partial charge in [-0.1, -0.05) is 47.6 Å². The van der Waals surface area contributed by atoms with Crippen LogP contribution >= 0.6 is 0 Å². The summed E-state index contributed by atoms with van der Waals surface area (Å²) in [4.78, 5) is 43.0. The molecule has 1 aliphatic heterocycles. The van der Waals surface area contributed by atoms with Gasteiger partial charge in [-0.05, 0) is 153 Å². The van der Waals surface area contributed by atoms with Gasteiger partial charge in [-0.2, -0.15) is 0 Å². The maximum Gasteiger partial charge on any atom is 0.302 e. The first-order valence-corrected chi connectivity index (χ1v) is 21.1. The topological polar surface area (TPSA) is 88.2 Å². The second-order valence-corrected chi connectivity index (χ2v) is 20.7. The van der Waals surface area contributed by atoms with E-state index in [4.69, 9.17) is 9.72 Å². The first-order chi connectivity index (χ1) is 24.7. The van der Waals surface area contributed by atoms with Crippen molar-refractivity contribution in [1.82, 2.24) is 19.9 Å². The number of hydrogen-bond acceptors (Lipinski definition) is 5. The number of hydrogen-bond donors (Lipinski definition) is 1. The van der Waals surface area contributed by atoms with Crippen LogP contribution in [0.5, 0.6) is 0 Å². The number of H-pyrrole nitrogens is 1. The molecule has 3 heterocycles. The molecule has 7 nitrogen and oxygen atoms in total. The molecule has 52 heavy (non-hydrogen) atoms. The largest absolute Gasteiger partial charge is 0.462 e. The van der Waals surface area contributed by atoms with Crippen molar-refractivity contribution in [3.05, 3.63) is 36.4 Å². The summed E-state index contributed by atoms with van der Waals surface area (Å²) >= 11 is 0. The highest BCUT2D eigenvalue weighted by Gasteiger charge is 2.74. The molecule has 1 amide bonds. The molecule has 2 aromatic heterocycles. The maximum atomic E-state index is 15.6. The van der Waals surface area contributed by atoms with Crippen LogP contribution in [-0.4, -0.2) is 44.4 Å². The molecule has 7 heteroatoms. The quantitative estimate of drug-likeness (QED) is 0.313. The van der Waals surface area contributed by atoms with Gasteiger partial charge in [0.25, 0.3) is 0 Å². The van der Waals surface area contributed by atoms with Crippen molar-refractivity contribution in [2.45, 2.75) is 151 Å². The van der Waals surface area contributed by atoms with Gasteiger partial charge in [0.05, 0.1) is 29.0 Å². The van der Waals surface area contributed by atoms with Crippen LogP contribution in [0.1, 0.15) is 150 Å². The molecule has 11 atom stereocenters. The standard InChI is InChI=1S/C45H64N4O3/c1-28(50)52-36-17-18-42(5)34(40(36,2)3)16-19-44(7)35(42)14-13-30-37-29(41(4)21-22-41)15-20-45(37,24-23-43(30,44)6)39(51)49-26-10-12-33(49)38-47-27-32(48-38)31-11-8-9-25-46-31/h8-9,11,25,27,29-30,33-37H,10,12-24,26H2,1-7H3,(H,47,48)/t29-,30-,33+,34+,35-,36+,37-,42+,43-,44-,45+/m1/s1. The smallest absolute Gasteiger partial charge is 0.302 e. The molecule has 0 bridgehead atoms. The number of fused-ring (bicyclic) bond motifs is 7. The summed E-state index contributed by atoms with van der Waals surface area (Å²) in [7, 11) is 0. The van der Waals surface area contributed by atoms with Gasteiger partial charge in [0, 0.05) is 25.1 Å². The number of rotatable bonds is 5. The summed E-state index contributed by atoms with van der Waals surface area (Å²) in [6.07, 6.45) is 20.0. The minimum atomic E-state index is -0.256. The van der Waals surface area contributed by atoms with Crippen LogP contribution in [0.2, 0.25) is 0 Å². The van der Waals surface area contributed by atoms with Crippen molar-refractivity contribution >= 4 is 11.9 Å². The molecule has 7 fully saturated rings. The van der Waals surface area contributed by atoms with Crippen molar-refractivity contribution in [2.24, 2.45) is 62.1 Å². The number of carbonyl (C=O) groups is 2. The number of imidazole rings is 1. The van der Waals surface area contributed by atoms with Crippen molar-refractivity contribution in [2.75, 3.05) is 6.54 Å². The fourth-order valence-electron chi connectivity index (χ4n) is 15.4. The molecule has 0 unspecified atom stereocenters. The molecule has 282 valence electrons. The van der Waals surface area contributed by atoms with E-state index in [0.717, 1.165) is 62.3 Å². The first-order valence-electron chi connectivity index (χ1n) is 21.1. The van der Waals surface area contributed by atoms with Crippen LogP contribution in [0.4, 0.5) is 0 Å². The molecule has 6 saturated carbocycles. The summed E-state index contributed by atoms with van der Waals surface area (Å²) in [5.74, 6) is 4.15. The zero-order chi connectivity index (χ0) is 36.5. The lowest BCUT2D eigenvalue weighted by atomic mass is 9.32. The number of aromatic nitrogens is 3. The number of esters is 1. The van der Waals surface area contributed by atoms with E-state index in [-0.39, 0.29) is 45.2 Å². The summed E-state index contributed by atoms with van der Waals surface area (Å²) < 4.78 is 6.01. The molecule has 9 rings (SSSR count). The monoisotopic (exact) mass is 708 g/mol. The van der Waals surface area contributed by atoms with Crippen molar-refractivity contribution in [1.29, 1.82) is 0 Å². The Balaban J connectivity index is 1.04. The minimum Gasteiger partial charge on any atom is -0.462 e. The number of ether oxygens (including phenoxy) is 1. The van der Waals surface area contributed by atoms with E-state index in [1.807, 2.05) is 30.6 Å². The average Bonchev–Trinajstić information content (AvgIpc) is 3.50. The summed E-state index contributed by atoms with van der Waals surface area (Å²) in [5.41, 5.74) is 2.63. The fourth-order valence-corrected chi connectivity index (χ4v) is 15.4. The number of amides is 1. The number of carbonyl (C=O) groups excluding carboxylic acids is 2. The predicted octanol–water partition coefficient (Wildman–Crippen LogP) is 9.95. The minimum absolute atomic E-state index is 0.0105. The van der Waals surface area contributed by atoms with Gasteiger partial charge in [-0.3, -0.25) is 14.6 Å². The fraction of sp³-hybridized carbons (Fsp3) is 0.778. The summed E-state index contributed by atoms with van der Waals surface area (Å²) in [6, 6.07) is 5.98. The second kappa shape index (κ2) is 11.7. The number of aromatic amines is 1. The van der Waals surface area contributed by atoms with Crippen LogP contribution in [-0.2, 0) is 14.3 Å². The van der Waals surface area contributed by atoms with Gasteiger partial charge in [-0.25, -0.2) is 4.98 Å². The van der Waals surface area contributed by atoms with Crippen molar-refractivity contribution < 1.29 is 14.3 Å². The molecule has 6 aliphatic carbocycles. The van der Waals surface area contributed by atoms with Gasteiger partial charge in [0.15, 0.2) is 0 Å². The van der Waals surface area contributed by atoms with Gasteiger partial charge in [0.1, 0.15) is 11.9 Å². The Morgan fingerprint density at radius 2 is 1.62 bits per heavy atom.